The number of halogens is 3. The van der Waals surface area contributed by atoms with Gasteiger partial charge >= 0.3 is 4.83 Å². The number of aliphatic imine (C=N–C) groups is 1. The van der Waals surface area contributed by atoms with Gasteiger partial charge in [0.05, 0.1) is 12.2 Å². The average Bonchev–Trinajstić information content (AvgIpc) is 3.00. The van der Waals surface area contributed by atoms with Crippen molar-refractivity contribution in [1.29, 1.82) is 0 Å². The fourth-order valence-corrected chi connectivity index (χ4v) is 3.50. The molecule has 0 radical (unpaired) electrons. The van der Waals surface area contributed by atoms with Gasteiger partial charge in [0.25, 0.3) is 0 Å². The Morgan fingerprint density at radius 1 is 1.42 bits per heavy atom. The quantitative estimate of drug-likeness (QED) is 0.459. The highest BCUT2D eigenvalue weighted by Gasteiger charge is 2.30. The summed E-state index contributed by atoms with van der Waals surface area (Å²) >= 11 is 2.35. The van der Waals surface area contributed by atoms with Crippen molar-refractivity contribution in [3.63, 3.8) is 0 Å². The minimum atomic E-state index is -2.86. The molecule has 2 aliphatic rings. The van der Waals surface area contributed by atoms with Crippen LogP contribution in [0.2, 0.25) is 0 Å². The number of H-pyrrole nitrogens is 1. The van der Waals surface area contributed by atoms with Crippen LogP contribution in [0.25, 0.3) is 5.70 Å². The number of aromatic amines is 1. The van der Waals surface area contributed by atoms with Crippen LogP contribution in [0.3, 0.4) is 0 Å². The fraction of sp³-hybridized carbons (Fsp3) is 0.533. The number of hydrogen-bond donors (Lipinski definition) is 4. The summed E-state index contributed by atoms with van der Waals surface area (Å²) < 4.78 is 25.7. The summed E-state index contributed by atoms with van der Waals surface area (Å²) in [6.07, 6.45) is 6.62. The molecule has 0 atom stereocenters. The van der Waals surface area contributed by atoms with Crippen LogP contribution < -0.4 is 16.9 Å². The van der Waals surface area contributed by atoms with Crippen molar-refractivity contribution in [3.05, 3.63) is 23.5 Å². The Hall–Kier alpha value is -1.45. The summed E-state index contributed by atoms with van der Waals surface area (Å²) in [5.74, 6) is 6.94. The van der Waals surface area contributed by atoms with Gasteiger partial charge in [-0.1, -0.05) is 0 Å². The average molecular weight is 403 g/mol. The minimum Gasteiger partial charge on any atom is -0.400 e. The van der Waals surface area contributed by atoms with E-state index in [9.17, 15) is 8.78 Å². The number of alkyl halides is 3. The van der Waals surface area contributed by atoms with Crippen molar-refractivity contribution in [2.45, 2.75) is 36.6 Å². The third-order valence-corrected chi connectivity index (χ3v) is 4.86. The second-order valence-corrected chi connectivity index (χ2v) is 7.40. The first-order chi connectivity index (χ1) is 11.3. The zero-order valence-corrected chi connectivity index (χ0v) is 14.7. The molecule has 0 unspecified atom stereocenters. The van der Waals surface area contributed by atoms with E-state index in [1.165, 1.54) is 11.3 Å². The summed E-state index contributed by atoms with van der Waals surface area (Å²) in [7, 11) is 0. The maximum absolute atomic E-state index is 12.9. The van der Waals surface area contributed by atoms with Gasteiger partial charge in [-0.05, 0) is 47.7 Å². The lowest BCUT2D eigenvalue weighted by atomic mass is 9.83. The van der Waals surface area contributed by atoms with E-state index in [4.69, 9.17) is 11.6 Å². The normalized spacial score (nSPS) is 26.4. The molecule has 1 aliphatic heterocycles. The molecule has 1 aliphatic carbocycles. The van der Waals surface area contributed by atoms with Gasteiger partial charge in [0, 0.05) is 29.4 Å². The molecule has 0 aromatic carbocycles. The molecule has 3 rings (SSSR count). The molecule has 0 spiro atoms. The van der Waals surface area contributed by atoms with E-state index in [1.54, 1.807) is 6.20 Å². The Bertz CT molecular complexity index is 643. The summed E-state index contributed by atoms with van der Waals surface area (Å²) in [6.45, 7) is -0.362. The Kier molecular flexibility index (Phi) is 4.93. The summed E-state index contributed by atoms with van der Waals surface area (Å²) in [4.78, 5) is 4.40. The van der Waals surface area contributed by atoms with Gasteiger partial charge in [0.15, 0.2) is 0 Å². The third-order valence-electron chi connectivity index (χ3n) is 4.58. The van der Waals surface area contributed by atoms with Crippen LogP contribution in [0.1, 0.15) is 31.2 Å². The summed E-state index contributed by atoms with van der Waals surface area (Å²) in [6, 6.07) is 1.99. The van der Waals surface area contributed by atoms with Crippen molar-refractivity contribution in [2.75, 3.05) is 6.54 Å². The first-order valence-electron chi connectivity index (χ1n) is 7.91. The Balaban J connectivity index is 1.67. The maximum Gasteiger partial charge on any atom is 0.313 e. The van der Waals surface area contributed by atoms with Crippen molar-refractivity contribution < 1.29 is 8.78 Å². The molecule has 132 valence electrons. The number of rotatable bonds is 4. The Morgan fingerprint density at radius 3 is 2.79 bits per heavy atom. The predicted octanol–water partition coefficient (Wildman–Crippen LogP) is 2.63. The monoisotopic (exact) mass is 402 g/mol. The van der Waals surface area contributed by atoms with E-state index in [0.717, 1.165) is 48.5 Å². The van der Waals surface area contributed by atoms with Crippen molar-refractivity contribution in [1.82, 2.24) is 15.3 Å². The van der Waals surface area contributed by atoms with Gasteiger partial charge in [0.1, 0.15) is 12.2 Å². The molecule has 6 nitrogen and oxygen atoms in total. The number of hydrazine groups is 1. The van der Waals surface area contributed by atoms with Crippen LogP contribution in [0, 0.1) is 5.92 Å². The predicted molar refractivity (Wildman–Crippen MR) is 93.7 cm³/mol. The molecule has 1 fully saturated rings. The highest BCUT2D eigenvalue weighted by atomic mass is 79.9. The number of nitrogens with one attached hydrogen (secondary N) is 2. The van der Waals surface area contributed by atoms with Gasteiger partial charge in [-0.25, -0.2) is 10.8 Å². The lowest BCUT2D eigenvalue weighted by Gasteiger charge is -2.32. The van der Waals surface area contributed by atoms with Gasteiger partial charge in [-0.2, -0.15) is 8.78 Å². The first kappa shape index (κ1) is 17.4. The van der Waals surface area contributed by atoms with E-state index >= 15 is 0 Å². The Morgan fingerprint density at radius 2 is 2.12 bits per heavy atom. The molecule has 0 amide bonds. The Labute approximate surface area is 147 Å². The number of nitrogens with two attached hydrogens (primary N) is 2. The molecule has 2 heterocycles. The van der Waals surface area contributed by atoms with Crippen molar-refractivity contribution in [3.8, 4) is 0 Å². The largest absolute Gasteiger partial charge is 0.400 e. The fourth-order valence-electron chi connectivity index (χ4n) is 3.34. The molecule has 24 heavy (non-hydrogen) atoms. The smallest absolute Gasteiger partial charge is 0.313 e. The lowest BCUT2D eigenvalue weighted by Crippen LogP contribution is -2.40. The van der Waals surface area contributed by atoms with E-state index in [1.807, 2.05) is 6.07 Å². The number of hydrogen-bond acceptors (Lipinski definition) is 5. The van der Waals surface area contributed by atoms with Gasteiger partial charge in [-0.15, -0.1) is 0 Å². The maximum atomic E-state index is 12.9. The molecule has 1 aromatic rings. The number of aromatic nitrogens is 1. The molecule has 0 bridgehead atoms. The van der Waals surface area contributed by atoms with Crippen LogP contribution in [0.5, 0.6) is 0 Å². The molecule has 9 heteroatoms. The zero-order chi connectivity index (χ0) is 17.3. The van der Waals surface area contributed by atoms with Crippen LogP contribution in [0.15, 0.2) is 23.0 Å². The van der Waals surface area contributed by atoms with E-state index in [0.29, 0.717) is 0 Å². The van der Waals surface area contributed by atoms with E-state index in [2.05, 4.69) is 31.2 Å². The van der Waals surface area contributed by atoms with Gasteiger partial charge in [-0.3, -0.25) is 5.01 Å². The molecule has 0 saturated heterocycles. The van der Waals surface area contributed by atoms with Crippen LogP contribution in [-0.4, -0.2) is 33.7 Å². The second kappa shape index (κ2) is 6.81. The summed E-state index contributed by atoms with van der Waals surface area (Å²) in [5.41, 5.74) is 8.80. The van der Waals surface area contributed by atoms with Crippen LogP contribution in [0.4, 0.5) is 14.6 Å². The molecular formula is C15H21BrF2N6. The lowest BCUT2D eigenvalue weighted by molar-refractivity contribution is 0.105. The highest BCUT2D eigenvalue weighted by Crippen LogP contribution is 2.36. The number of allylic oxidation sites excluding steroid dienone is 1. The first-order valence-corrected chi connectivity index (χ1v) is 8.70. The van der Waals surface area contributed by atoms with Crippen molar-refractivity contribution >= 4 is 33.8 Å². The van der Waals surface area contributed by atoms with Crippen LogP contribution in [-0.2, 0) is 0 Å². The van der Waals surface area contributed by atoms with Crippen LogP contribution >= 0.6 is 15.9 Å². The molecule has 1 aromatic heterocycles. The number of nitrogens with zero attached hydrogens (tertiary/aromatic N) is 2. The van der Waals surface area contributed by atoms with Gasteiger partial charge < -0.3 is 16.0 Å². The van der Waals surface area contributed by atoms with E-state index in [-0.39, 0.29) is 18.5 Å². The van der Waals surface area contributed by atoms with Crippen molar-refractivity contribution in [2.24, 2.45) is 22.5 Å². The third kappa shape index (κ3) is 3.79. The zero-order valence-electron chi connectivity index (χ0n) is 13.1. The second-order valence-electron chi connectivity index (χ2n) is 6.24. The number of fused-ring (bicyclic) bond motifs is 1. The standard InChI is InChI=1S/C15H21BrF2N6/c16-15(17,18)7-22-10-3-1-9(2-4-10)12(19)13-11-5-6-21-14(11)23-8-24(13)20/h5-6,8-10,21-22H,1-4,7,19-20H2/b13-12-. The summed E-state index contributed by atoms with van der Waals surface area (Å²) in [5, 5.41) is 4.35. The highest BCUT2D eigenvalue weighted by molar-refractivity contribution is 9.10. The van der Waals surface area contributed by atoms with Gasteiger partial charge in [0.2, 0.25) is 0 Å². The SMILES string of the molecule is N/C(=C1/c2cc[nH]c2N=CN1N)C1CCC(NCC(F)(F)Br)CC1. The minimum absolute atomic E-state index is 0.0900. The molecule has 6 N–H and O–H groups in total. The topological polar surface area (TPSA) is 95.5 Å². The van der Waals surface area contributed by atoms with E-state index < -0.39 is 4.83 Å². The molecule has 1 saturated carbocycles. The molecular weight excluding hydrogens is 382 g/mol.